The van der Waals surface area contributed by atoms with E-state index in [9.17, 15) is 14.7 Å². The van der Waals surface area contributed by atoms with E-state index in [1.165, 1.54) is 7.11 Å². The topological polar surface area (TPSA) is 94.5 Å². The molecule has 8 nitrogen and oxygen atoms in total. The molecule has 180 valence electrons. The molecule has 2 bridgehead atoms. The molecule has 0 radical (unpaired) electrons. The lowest BCUT2D eigenvalue weighted by Crippen LogP contribution is -2.58. The van der Waals surface area contributed by atoms with Crippen LogP contribution in [0.4, 0.5) is 0 Å². The number of carbonyl (C=O) groups excluding carboxylic acids is 2. The fraction of sp³-hybridized carbons (Fsp3) is 0.462. The van der Waals surface area contributed by atoms with Crippen molar-refractivity contribution >= 4 is 11.8 Å². The highest BCUT2D eigenvalue weighted by Crippen LogP contribution is 2.51. The number of carbonyl (C=O) groups is 2. The van der Waals surface area contributed by atoms with Crippen molar-refractivity contribution in [3.8, 4) is 12.3 Å². The van der Waals surface area contributed by atoms with Gasteiger partial charge in [0.2, 0.25) is 5.91 Å². The maximum Gasteiger partial charge on any atom is 0.257 e. The average molecular weight is 468 g/mol. The normalized spacial score (nSPS) is 33.5. The van der Waals surface area contributed by atoms with E-state index in [2.05, 4.69) is 12.5 Å². The summed E-state index contributed by atoms with van der Waals surface area (Å²) in [5.41, 5.74) is -0.0394. The van der Waals surface area contributed by atoms with Crippen LogP contribution < -0.4 is 0 Å². The lowest BCUT2D eigenvalue weighted by Gasteiger charge is -2.41. The summed E-state index contributed by atoms with van der Waals surface area (Å²) in [5.74, 6) is 0.603. The summed E-state index contributed by atoms with van der Waals surface area (Å²) in [6.45, 7) is 5.44. The van der Waals surface area contributed by atoms with E-state index in [-0.39, 0.29) is 13.3 Å². The molecule has 34 heavy (non-hydrogen) atoms. The Labute approximate surface area is 199 Å². The van der Waals surface area contributed by atoms with E-state index in [0.717, 1.165) is 10.5 Å². The number of fused-ring (bicyclic) bond motifs is 2. The Morgan fingerprint density at radius 2 is 2.06 bits per heavy atom. The Morgan fingerprint density at radius 3 is 2.71 bits per heavy atom. The van der Waals surface area contributed by atoms with E-state index in [1.807, 2.05) is 30.3 Å². The highest BCUT2D eigenvalue weighted by Gasteiger charge is 2.71. The first-order chi connectivity index (χ1) is 16.4. The second-order valence-corrected chi connectivity index (χ2v) is 8.69. The number of aliphatic hydroxyl groups is 1. The molecule has 3 aliphatic rings. The number of ether oxygens (including phenoxy) is 4. The number of benzene rings is 1. The van der Waals surface area contributed by atoms with Gasteiger partial charge in [-0.05, 0) is 18.9 Å². The van der Waals surface area contributed by atoms with E-state index >= 15 is 0 Å². The molecule has 2 amide bonds. The van der Waals surface area contributed by atoms with Gasteiger partial charge in [-0.25, -0.2) is 0 Å². The van der Waals surface area contributed by atoms with E-state index in [0.29, 0.717) is 12.0 Å². The molecular weight excluding hydrogens is 438 g/mol. The summed E-state index contributed by atoms with van der Waals surface area (Å²) in [7, 11) is 1.48. The van der Waals surface area contributed by atoms with Gasteiger partial charge in [0.25, 0.3) is 5.91 Å². The standard InChI is InChI=1S/C26H29NO7/c1-5-10-20-26(19(28)6-2)23(31-4)22(33-20)21(34-26)18-13-16(3)24(29)27(25(18)30)15-32-14-17-11-8-7-9-12-17/h2,5,7-9,11-13,18-23,28H,1,10,14-15H2,3-4H3/t18?,19?,20?,21-,22-,23-,26?/m0/s1. The van der Waals surface area contributed by atoms with E-state index in [1.54, 1.807) is 19.1 Å². The molecule has 0 aliphatic carbocycles. The Bertz CT molecular complexity index is 1020. The van der Waals surface area contributed by atoms with E-state index in [4.69, 9.17) is 25.4 Å². The van der Waals surface area contributed by atoms with Gasteiger partial charge < -0.3 is 24.1 Å². The van der Waals surface area contributed by atoms with Crippen LogP contribution in [0.25, 0.3) is 0 Å². The third-order valence-corrected chi connectivity index (χ3v) is 6.70. The van der Waals surface area contributed by atoms with Crippen LogP contribution in [0.5, 0.6) is 0 Å². The smallest absolute Gasteiger partial charge is 0.257 e. The van der Waals surface area contributed by atoms with Gasteiger partial charge in [0, 0.05) is 12.7 Å². The van der Waals surface area contributed by atoms with Crippen LogP contribution in [0.15, 0.2) is 54.6 Å². The number of hydrogen-bond donors (Lipinski definition) is 1. The minimum absolute atomic E-state index is 0.197. The van der Waals surface area contributed by atoms with Gasteiger partial charge in [-0.15, -0.1) is 13.0 Å². The molecule has 1 aromatic carbocycles. The van der Waals surface area contributed by atoms with Gasteiger partial charge in [0.1, 0.15) is 31.1 Å². The Morgan fingerprint density at radius 1 is 1.32 bits per heavy atom. The fourth-order valence-electron chi connectivity index (χ4n) is 5.11. The largest absolute Gasteiger partial charge is 0.377 e. The SMILES string of the molecule is C#CC(O)C12O[C@@H](C3C=C(C)C(=O)N(COCc4ccccc4)C3=O)[C@H](OC1CC=C)[C@@H]2OC. The summed E-state index contributed by atoms with van der Waals surface area (Å²) in [4.78, 5) is 27.2. The summed E-state index contributed by atoms with van der Waals surface area (Å²) >= 11 is 0. The minimum Gasteiger partial charge on any atom is -0.377 e. The van der Waals surface area contributed by atoms with Crippen molar-refractivity contribution < 1.29 is 33.6 Å². The summed E-state index contributed by atoms with van der Waals surface area (Å²) in [6, 6.07) is 9.47. The zero-order valence-corrected chi connectivity index (χ0v) is 19.3. The zero-order valence-electron chi connectivity index (χ0n) is 19.3. The molecule has 3 heterocycles. The van der Waals surface area contributed by atoms with Crippen molar-refractivity contribution in [1.82, 2.24) is 4.90 Å². The molecular formula is C26H29NO7. The number of terminal acetylenes is 1. The molecule has 8 heteroatoms. The van der Waals surface area contributed by atoms with Crippen molar-refractivity contribution in [2.24, 2.45) is 5.92 Å². The van der Waals surface area contributed by atoms with Gasteiger partial charge in [-0.3, -0.25) is 14.5 Å². The Kier molecular flexibility index (Phi) is 7.03. The lowest BCUT2D eigenvalue weighted by molar-refractivity contribution is -0.222. The van der Waals surface area contributed by atoms with Crippen LogP contribution in [0.1, 0.15) is 18.9 Å². The molecule has 0 spiro atoms. The molecule has 4 unspecified atom stereocenters. The minimum atomic E-state index is -1.36. The first-order valence-corrected chi connectivity index (χ1v) is 11.2. The predicted octanol–water partition coefficient (Wildman–Crippen LogP) is 1.58. The van der Waals surface area contributed by atoms with Gasteiger partial charge in [0.05, 0.1) is 18.6 Å². The summed E-state index contributed by atoms with van der Waals surface area (Å²) in [5, 5.41) is 10.7. The number of methoxy groups -OCH3 is 1. The maximum atomic E-state index is 13.4. The van der Waals surface area contributed by atoms with Crippen molar-refractivity contribution in [2.45, 2.75) is 56.1 Å². The van der Waals surface area contributed by atoms with Crippen molar-refractivity contribution in [2.75, 3.05) is 13.8 Å². The molecule has 3 aliphatic heterocycles. The van der Waals surface area contributed by atoms with E-state index < -0.39 is 53.9 Å². The number of amides is 2. The fourth-order valence-corrected chi connectivity index (χ4v) is 5.11. The summed E-state index contributed by atoms with van der Waals surface area (Å²) in [6.07, 6.45) is 5.09. The number of rotatable bonds is 9. The van der Waals surface area contributed by atoms with Crippen molar-refractivity contribution in [3.05, 3.63) is 60.2 Å². The van der Waals surface area contributed by atoms with Gasteiger partial charge in [-0.1, -0.05) is 48.4 Å². The third-order valence-electron chi connectivity index (χ3n) is 6.70. The van der Waals surface area contributed by atoms with Crippen LogP contribution in [0.3, 0.4) is 0 Å². The van der Waals surface area contributed by atoms with Crippen molar-refractivity contribution in [1.29, 1.82) is 0 Å². The van der Waals surface area contributed by atoms with Crippen LogP contribution in [-0.4, -0.2) is 71.8 Å². The number of nitrogens with zero attached hydrogens (tertiary/aromatic N) is 1. The maximum absolute atomic E-state index is 13.4. The molecule has 0 saturated carbocycles. The van der Waals surface area contributed by atoms with Crippen LogP contribution in [0.2, 0.25) is 0 Å². The van der Waals surface area contributed by atoms with Crippen LogP contribution in [0, 0.1) is 18.3 Å². The first kappa shape index (κ1) is 24.3. The van der Waals surface area contributed by atoms with Crippen LogP contribution in [-0.2, 0) is 35.1 Å². The second-order valence-electron chi connectivity index (χ2n) is 8.69. The average Bonchev–Trinajstić information content (AvgIpc) is 3.34. The number of imide groups is 1. The van der Waals surface area contributed by atoms with Crippen molar-refractivity contribution in [3.63, 3.8) is 0 Å². The highest BCUT2D eigenvalue weighted by atomic mass is 16.7. The third kappa shape index (κ3) is 3.90. The molecule has 2 saturated heterocycles. The Balaban J connectivity index is 1.56. The van der Waals surface area contributed by atoms with Gasteiger partial charge in [0.15, 0.2) is 5.60 Å². The zero-order chi connectivity index (χ0) is 24.5. The van der Waals surface area contributed by atoms with Gasteiger partial charge in [-0.2, -0.15) is 0 Å². The number of aliphatic hydroxyl groups excluding tert-OH is 1. The molecule has 0 aromatic heterocycles. The monoisotopic (exact) mass is 467 g/mol. The predicted molar refractivity (Wildman–Crippen MR) is 122 cm³/mol. The quantitative estimate of drug-likeness (QED) is 0.335. The molecule has 1 aromatic rings. The Hall–Kier alpha value is -2.80. The molecule has 7 atom stereocenters. The summed E-state index contributed by atoms with van der Waals surface area (Å²) < 4.78 is 23.9. The molecule has 1 N–H and O–H groups in total. The lowest BCUT2D eigenvalue weighted by atomic mass is 9.84. The van der Waals surface area contributed by atoms with Crippen LogP contribution >= 0.6 is 0 Å². The van der Waals surface area contributed by atoms with Gasteiger partial charge >= 0.3 is 0 Å². The molecule has 4 rings (SSSR count). The molecule has 2 fully saturated rings. The second kappa shape index (κ2) is 9.82. The number of hydrogen-bond acceptors (Lipinski definition) is 7. The first-order valence-electron chi connectivity index (χ1n) is 11.2. The highest BCUT2D eigenvalue weighted by molar-refractivity contribution is 6.08.